The van der Waals surface area contributed by atoms with Crippen molar-refractivity contribution >= 4 is 32.5 Å². The van der Waals surface area contributed by atoms with Crippen LogP contribution in [0.2, 0.25) is 0 Å². The lowest BCUT2D eigenvalue weighted by Gasteiger charge is -1.88. The Morgan fingerprint density at radius 1 is 1.62 bits per heavy atom. The number of thioether (sulfide) groups is 1. The third-order valence-electron chi connectivity index (χ3n) is 0.285. The molecule has 0 spiro atoms. The first-order chi connectivity index (χ1) is 3.66. The minimum Gasteiger partial charge on any atom is -0.378 e. The minimum absolute atomic E-state index is 0.206. The molecule has 0 aromatic carbocycles. The van der Waals surface area contributed by atoms with Crippen LogP contribution in [0.25, 0.3) is 0 Å². The van der Waals surface area contributed by atoms with Gasteiger partial charge < -0.3 is 10.8 Å². The van der Waals surface area contributed by atoms with Gasteiger partial charge in [0.1, 0.15) is 0 Å². The average molecular weight is 151 g/mol. The summed E-state index contributed by atoms with van der Waals surface area (Å²) < 4.78 is 6.23. The third-order valence-corrected chi connectivity index (χ3v) is 1.35. The van der Waals surface area contributed by atoms with Gasteiger partial charge in [-0.25, -0.2) is 4.78 Å². The molecule has 0 aliphatic carbocycles. The van der Waals surface area contributed by atoms with Crippen molar-refractivity contribution in [3.63, 3.8) is 0 Å². The molecule has 5 N–H and O–H groups in total. The fraction of sp³-hybridized carbons (Fsp3) is 0. The summed E-state index contributed by atoms with van der Waals surface area (Å²) >= 11 is 1.08. The van der Waals surface area contributed by atoms with E-state index in [-0.39, 0.29) is 9.55 Å². The van der Waals surface area contributed by atoms with Crippen LogP contribution in [0.5, 0.6) is 0 Å². The summed E-state index contributed by atoms with van der Waals surface area (Å²) in [6.45, 7) is 0. The molecule has 8 heavy (non-hydrogen) atoms. The zero-order valence-electron chi connectivity index (χ0n) is 3.84. The van der Waals surface area contributed by atoms with Gasteiger partial charge >= 0.3 is 0 Å². The van der Waals surface area contributed by atoms with Crippen molar-refractivity contribution in [2.24, 2.45) is 5.73 Å². The fourth-order valence-corrected chi connectivity index (χ4v) is 0.739. The van der Waals surface area contributed by atoms with Crippen molar-refractivity contribution in [1.82, 2.24) is 0 Å². The Kier molecular flexibility index (Phi) is 3.49. The number of nitrogens with one attached hydrogen (secondary N) is 2. The van der Waals surface area contributed by atoms with Gasteiger partial charge in [0.25, 0.3) is 0 Å². The van der Waals surface area contributed by atoms with E-state index in [0.717, 1.165) is 0 Å². The van der Waals surface area contributed by atoms with Crippen LogP contribution in [0, 0.1) is 10.2 Å². The Balaban J connectivity index is 3.74. The number of nitrogens with two attached hydrogens (primary N) is 1. The standard InChI is InChI=1S/C2H5N3OS2/c3-1(4)7-2(6)8-5/h5-6H,(H3,3,4). The SMILES string of the molecule is N=S=C(O)SC(=N)N. The average Bonchev–Trinajstić information content (AvgIpc) is 1.65. The molecule has 0 aliphatic heterocycles. The number of amidine groups is 1. The second kappa shape index (κ2) is 3.65. The van der Waals surface area contributed by atoms with Crippen molar-refractivity contribution in [1.29, 1.82) is 10.2 Å². The first-order valence-corrected chi connectivity index (χ1v) is 3.21. The van der Waals surface area contributed by atoms with Crippen LogP contribution in [0.1, 0.15) is 0 Å². The van der Waals surface area contributed by atoms with E-state index < -0.39 is 0 Å². The maximum atomic E-state index is 8.46. The molecule has 6 heteroatoms. The Bertz CT molecular complexity index is 149. The molecule has 0 bridgehead atoms. The lowest BCUT2D eigenvalue weighted by Crippen LogP contribution is -2.07. The predicted octanol–water partition coefficient (Wildman–Crippen LogP) is 0.103. The van der Waals surface area contributed by atoms with Crippen LogP contribution in [0.4, 0.5) is 0 Å². The van der Waals surface area contributed by atoms with Crippen molar-refractivity contribution < 1.29 is 5.11 Å². The van der Waals surface area contributed by atoms with Crippen LogP contribution in [0.3, 0.4) is 0 Å². The number of rotatable bonds is 0. The van der Waals surface area contributed by atoms with Crippen LogP contribution < -0.4 is 5.73 Å². The molecule has 0 saturated carbocycles. The van der Waals surface area contributed by atoms with Gasteiger partial charge in [-0.2, -0.15) is 0 Å². The van der Waals surface area contributed by atoms with Gasteiger partial charge in [0, 0.05) is 0 Å². The fourth-order valence-electron chi connectivity index (χ4n) is 0.115. The molecule has 0 saturated heterocycles. The summed E-state index contributed by atoms with van der Waals surface area (Å²) in [5.74, 6) is 0. The van der Waals surface area contributed by atoms with E-state index in [1.807, 2.05) is 0 Å². The number of aliphatic hydroxyl groups excluding tert-OH is 1. The Morgan fingerprint density at radius 3 is 2.25 bits per heavy atom. The van der Waals surface area contributed by atoms with E-state index in [9.17, 15) is 0 Å². The molecule has 0 fully saturated rings. The molecular weight excluding hydrogens is 146 g/mol. The van der Waals surface area contributed by atoms with E-state index in [0.29, 0.717) is 22.9 Å². The number of aliphatic hydroxyl groups is 1. The molecule has 0 aromatic rings. The monoisotopic (exact) mass is 151 g/mol. The lowest BCUT2D eigenvalue weighted by molar-refractivity contribution is 0.585. The normalized spacial score (nSPS) is 8.12. The first kappa shape index (κ1) is 7.67. The highest BCUT2D eigenvalue weighted by molar-refractivity contribution is 8.31. The van der Waals surface area contributed by atoms with Crippen molar-refractivity contribution in [3.05, 3.63) is 0 Å². The lowest BCUT2D eigenvalue weighted by atomic mass is 11.4. The second-order valence-corrected chi connectivity index (χ2v) is 2.71. The summed E-state index contributed by atoms with van der Waals surface area (Å²) in [6.07, 6.45) is 0. The number of hydrogen-bond donors (Lipinski definition) is 4. The molecule has 0 unspecified atom stereocenters. The van der Waals surface area contributed by atoms with E-state index in [2.05, 4.69) is 0 Å². The number of hydrogen-bond acceptors (Lipinski definition) is 3. The molecular formula is C2H5N3OS2. The van der Waals surface area contributed by atoms with Gasteiger partial charge in [-0.1, -0.05) is 0 Å². The smallest absolute Gasteiger partial charge is 0.186 e. The third kappa shape index (κ3) is 3.85. The quantitative estimate of drug-likeness (QED) is 0.225. The second-order valence-electron chi connectivity index (χ2n) is 0.834. The van der Waals surface area contributed by atoms with E-state index in [1.54, 1.807) is 0 Å². The van der Waals surface area contributed by atoms with Crippen LogP contribution >= 0.6 is 11.8 Å². The van der Waals surface area contributed by atoms with E-state index >= 15 is 0 Å². The zero-order chi connectivity index (χ0) is 6.57. The maximum absolute atomic E-state index is 8.46. The first-order valence-electron chi connectivity index (χ1n) is 1.58. The summed E-state index contributed by atoms with van der Waals surface area (Å²) in [5.41, 5.74) is 4.84. The van der Waals surface area contributed by atoms with Crippen LogP contribution in [-0.2, 0) is 11.1 Å². The van der Waals surface area contributed by atoms with Gasteiger partial charge in [-0.3, -0.25) is 5.41 Å². The van der Waals surface area contributed by atoms with Crippen LogP contribution in [-0.4, -0.2) is 14.7 Å². The maximum Gasteiger partial charge on any atom is 0.186 e. The molecule has 0 atom stereocenters. The highest BCUT2D eigenvalue weighted by Crippen LogP contribution is 1.95. The molecule has 46 valence electrons. The van der Waals surface area contributed by atoms with Crippen molar-refractivity contribution in [2.75, 3.05) is 0 Å². The molecule has 0 amide bonds. The molecule has 0 radical (unpaired) electrons. The van der Waals surface area contributed by atoms with Crippen molar-refractivity contribution in [2.45, 2.75) is 0 Å². The summed E-state index contributed by atoms with van der Waals surface area (Å²) in [6, 6.07) is 0. The molecule has 0 heterocycles. The Labute approximate surface area is 54.1 Å². The molecule has 4 nitrogen and oxygen atoms in total. The van der Waals surface area contributed by atoms with Crippen molar-refractivity contribution in [3.8, 4) is 0 Å². The molecule has 0 rings (SSSR count). The Morgan fingerprint density at radius 2 is 2.12 bits per heavy atom. The summed E-state index contributed by atoms with van der Waals surface area (Å²) in [4.78, 5) is 0. The molecule has 0 aliphatic rings. The summed E-state index contributed by atoms with van der Waals surface area (Å²) in [5, 5.41) is 14.8. The highest BCUT2D eigenvalue weighted by atomic mass is 32.2. The van der Waals surface area contributed by atoms with Gasteiger partial charge in [-0.05, 0) is 22.9 Å². The minimum atomic E-state index is -0.225. The van der Waals surface area contributed by atoms with Gasteiger partial charge in [0.2, 0.25) is 0 Å². The Hall–Kier alpha value is -0.330. The summed E-state index contributed by atoms with van der Waals surface area (Å²) in [7, 11) is 0. The van der Waals surface area contributed by atoms with Gasteiger partial charge in [-0.15, -0.1) is 0 Å². The highest BCUT2D eigenvalue weighted by Gasteiger charge is 1.92. The molecule has 0 aromatic heterocycles. The van der Waals surface area contributed by atoms with E-state index in [1.165, 1.54) is 0 Å². The van der Waals surface area contributed by atoms with Gasteiger partial charge in [0.15, 0.2) is 9.55 Å². The van der Waals surface area contributed by atoms with E-state index in [4.69, 9.17) is 21.0 Å². The zero-order valence-corrected chi connectivity index (χ0v) is 5.47. The largest absolute Gasteiger partial charge is 0.378 e. The predicted molar refractivity (Wildman–Crippen MR) is 37.2 cm³/mol. The topological polar surface area (TPSA) is 94.0 Å². The van der Waals surface area contributed by atoms with Crippen LogP contribution in [0.15, 0.2) is 0 Å². The van der Waals surface area contributed by atoms with Gasteiger partial charge in [0.05, 0.1) is 0 Å².